The number of benzene rings is 2. The van der Waals surface area contributed by atoms with Gasteiger partial charge in [-0.15, -0.1) is 11.8 Å². The van der Waals surface area contributed by atoms with Gasteiger partial charge < -0.3 is 4.57 Å². The second-order valence-electron chi connectivity index (χ2n) is 5.23. The Balaban J connectivity index is 1.90. The fourth-order valence-electron chi connectivity index (χ4n) is 2.40. The summed E-state index contributed by atoms with van der Waals surface area (Å²) in [5.41, 5.74) is 0.966. The number of thioether (sulfide) groups is 1. The number of halogens is 1. The number of amides is 1. The summed E-state index contributed by atoms with van der Waals surface area (Å²) in [6.07, 6.45) is 0.956. The van der Waals surface area contributed by atoms with Gasteiger partial charge in [-0.1, -0.05) is 54.1 Å². The molecule has 0 N–H and O–H groups in total. The van der Waals surface area contributed by atoms with Gasteiger partial charge in [0.15, 0.2) is 4.80 Å². The molecular weight excluding hydrogens is 360 g/mol. The van der Waals surface area contributed by atoms with Gasteiger partial charge in [0.1, 0.15) is 0 Å². The summed E-state index contributed by atoms with van der Waals surface area (Å²) >= 11 is 9.36. The number of carbonyl (C=O) groups is 1. The van der Waals surface area contributed by atoms with Gasteiger partial charge >= 0.3 is 0 Å². The maximum atomic E-state index is 12.3. The van der Waals surface area contributed by atoms with E-state index in [0.29, 0.717) is 10.8 Å². The minimum absolute atomic E-state index is 0.128. The SMILES string of the molecule is CCCn1c(=NC(=O)CSc2ccccc2)sc2cccc(Cl)c21. The summed E-state index contributed by atoms with van der Waals surface area (Å²) < 4.78 is 3.10. The zero-order chi connectivity index (χ0) is 16.9. The number of nitrogens with zero attached hydrogens (tertiary/aromatic N) is 2. The molecule has 0 spiro atoms. The number of rotatable bonds is 5. The van der Waals surface area contributed by atoms with E-state index in [9.17, 15) is 4.79 Å². The van der Waals surface area contributed by atoms with E-state index in [-0.39, 0.29) is 5.91 Å². The van der Waals surface area contributed by atoms with Crippen LogP contribution in [-0.4, -0.2) is 16.2 Å². The van der Waals surface area contributed by atoms with E-state index in [4.69, 9.17) is 11.6 Å². The Morgan fingerprint density at radius 1 is 1.21 bits per heavy atom. The second kappa shape index (κ2) is 8.01. The highest BCUT2D eigenvalue weighted by Gasteiger charge is 2.10. The number of para-hydroxylation sites is 1. The average Bonchev–Trinajstić information content (AvgIpc) is 2.93. The van der Waals surface area contributed by atoms with Gasteiger partial charge in [-0.05, 0) is 30.7 Å². The van der Waals surface area contributed by atoms with Crippen LogP contribution in [0.3, 0.4) is 0 Å². The molecule has 0 fully saturated rings. The molecule has 0 aliphatic rings. The molecule has 1 aromatic heterocycles. The van der Waals surface area contributed by atoms with Crippen LogP contribution < -0.4 is 4.80 Å². The zero-order valence-electron chi connectivity index (χ0n) is 13.2. The minimum atomic E-state index is -0.128. The van der Waals surface area contributed by atoms with E-state index in [1.165, 1.54) is 23.1 Å². The van der Waals surface area contributed by atoms with Gasteiger partial charge in [-0.3, -0.25) is 4.79 Å². The molecule has 0 atom stereocenters. The predicted octanol–water partition coefficient (Wildman–Crippen LogP) is 4.99. The number of aryl methyl sites for hydroxylation is 1. The standard InChI is InChI=1S/C18H17ClN2OS2/c1-2-11-21-17-14(19)9-6-10-15(17)24-18(21)20-16(22)12-23-13-7-4-3-5-8-13/h3-10H,2,11-12H2,1H3. The van der Waals surface area contributed by atoms with Crippen molar-refractivity contribution in [3.8, 4) is 0 Å². The predicted molar refractivity (Wildman–Crippen MR) is 103 cm³/mol. The van der Waals surface area contributed by atoms with Crippen LogP contribution in [0.1, 0.15) is 13.3 Å². The van der Waals surface area contributed by atoms with Crippen LogP contribution in [0, 0.1) is 0 Å². The van der Waals surface area contributed by atoms with Crippen LogP contribution >= 0.6 is 34.7 Å². The molecule has 24 heavy (non-hydrogen) atoms. The molecule has 2 aromatic carbocycles. The molecule has 0 aliphatic carbocycles. The van der Waals surface area contributed by atoms with Crippen molar-refractivity contribution in [2.75, 3.05) is 5.75 Å². The zero-order valence-corrected chi connectivity index (χ0v) is 15.6. The molecule has 0 bridgehead atoms. The molecule has 0 unspecified atom stereocenters. The maximum absolute atomic E-state index is 12.3. The van der Waals surface area contributed by atoms with E-state index in [1.807, 2.05) is 53.1 Å². The van der Waals surface area contributed by atoms with Gasteiger partial charge in [0, 0.05) is 11.4 Å². The molecule has 0 aliphatic heterocycles. The van der Waals surface area contributed by atoms with Crippen LogP contribution in [0.2, 0.25) is 5.02 Å². The second-order valence-corrected chi connectivity index (χ2v) is 7.70. The first-order valence-electron chi connectivity index (χ1n) is 7.72. The Morgan fingerprint density at radius 2 is 2.00 bits per heavy atom. The Kier molecular flexibility index (Phi) is 5.76. The summed E-state index contributed by atoms with van der Waals surface area (Å²) in [6.45, 7) is 2.89. The molecule has 6 heteroatoms. The molecule has 1 heterocycles. The minimum Gasteiger partial charge on any atom is -0.315 e. The Bertz CT molecular complexity index is 916. The topological polar surface area (TPSA) is 34.4 Å². The van der Waals surface area contributed by atoms with E-state index in [1.54, 1.807) is 0 Å². The molecule has 0 radical (unpaired) electrons. The lowest BCUT2D eigenvalue weighted by atomic mass is 10.3. The summed E-state index contributed by atoms with van der Waals surface area (Å²) in [5, 5.41) is 0.699. The van der Waals surface area contributed by atoms with Gasteiger partial charge in [0.2, 0.25) is 0 Å². The molecule has 124 valence electrons. The lowest BCUT2D eigenvalue weighted by molar-refractivity contribution is -0.115. The number of hydrogen-bond acceptors (Lipinski definition) is 3. The van der Waals surface area contributed by atoms with Crippen molar-refractivity contribution < 1.29 is 4.79 Å². The summed E-state index contributed by atoms with van der Waals surface area (Å²) in [6, 6.07) is 15.7. The monoisotopic (exact) mass is 376 g/mol. The highest BCUT2D eigenvalue weighted by molar-refractivity contribution is 8.00. The van der Waals surface area contributed by atoms with E-state index in [2.05, 4.69) is 11.9 Å². The first kappa shape index (κ1) is 17.3. The first-order chi connectivity index (χ1) is 11.7. The molecule has 0 saturated heterocycles. The third-order valence-corrected chi connectivity index (χ3v) is 5.77. The van der Waals surface area contributed by atoms with Gasteiger partial charge in [0.25, 0.3) is 5.91 Å². The Morgan fingerprint density at radius 3 is 2.75 bits per heavy atom. The van der Waals surface area contributed by atoms with Crippen LogP contribution in [0.4, 0.5) is 0 Å². The molecule has 0 saturated carbocycles. The molecular formula is C18H17ClN2OS2. The van der Waals surface area contributed by atoms with Crippen molar-refractivity contribution in [1.82, 2.24) is 4.57 Å². The van der Waals surface area contributed by atoms with Crippen LogP contribution in [0.25, 0.3) is 10.2 Å². The lowest BCUT2D eigenvalue weighted by Gasteiger charge is -2.04. The van der Waals surface area contributed by atoms with E-state index < -0.39 is 0 Å². The number of fused-ring (bicyclic) bond motifs is 1. The highest BCUT2D eigenvalue weighted by Crippen LogP contribution is 2.25. The van der Waals surface area contributed by atoms with Crippen LogP contribution in [-0.2, 0) is 11.3 Å². The Labute approximate surface area is 154 Å². The number of thiazole rings is 1. The number of hydrogen-bond donors (Lipinski definition) is 0. The van der Waals surface area contributed by atoms with Crippen LogP contribution in [0.5, 0.6) is 0 Å². The summed E-state index contributed by atoms with van der Waals surface area (Å²) in [7, 11) is 0. The number of aromatic nitrogens is 1. The molecule has 3 aromatic rings. The maximum Gasteiger partial charge on any atom is 0.258 e. The molecule has 3 nitrogen and oxygen atoms in total. The average molecular weight is 377 g/mol. The van der Waals surface area contributed by atoms with Crippen molar-refractivity contribution in [3.63, 3.8) is 0 Å². The normalized spacial score (nSPS) is 12.0. The quantitative estimate of drug-likeness (QED) is 0.588. The largest absolute Gasteiger partial charge is 0.315 e. The fourth-order valence-corrected chi connectivity index (χ4v) is 4.54. The highest BCUT2D eigenvalue weighted by atomic mass is 35.5. The smallest absolute Gasteiger partial charge is 0.258 e. The van der Waals surface area contributed by atoms with Crippen molar-refractivity contribution in [1.29, 1.82) is 0 Å². The molecule has 1 amide bonds. The van der Waals surface area contributed by atoms with Crippen LogP contribution in [0.15, 0.2) is 58.4 Å². The van der Waals surface area contributed by atoms with Crippen molar-refractivity contribution in [3.05, 3.63) is 58.4 Å². The number of carbonyl (C=O) groups excluding carboxylic acids is 1. The van der Waals surface area contributed by atoms with E-state index >= 15 is 0 Å². The fraction of sp³-hybridized carbons (Fsp3) is 0.222. The Hall–Kier alpha value is -1.56. The third-order valence-electron chi connectivity index (χ3n) is 3.42. The van der Waals surface area contributed by atoms with Crippen molar-refractivity contribution in [2.45, 2.75) is 24.8 Å². The lowest BCUT2D eigenvalue weighted by Crippen LogP contribution is -2.17. The van der Waals surface area contributed by atoms with Gasteiger partial charge in [-0.2, -0.15) is 4.99 Å². The molecule has 3 rings (SSSR count). The van der Waals surface area contributed by atoms with Crippen molar-refractivity contribution in [2.24, 2.45) is 4.99 Å². The van der Waals surface area contributed by atoms with Gasteiger partial charge in [-0.25, -0.2) is 0 Å². The van der Waals surface area contributed by atoms with Crippen molar-refractivity contribution >= 4 is 50.8 Å². The first-order valence-corrected chi connectivity index (χ1v) is 9.90. The summed E-state index contributed by atoms with van der Waals surface area (Å²) in [4.78, 5) is 18.4. The third kappa shape index (κ3) is 3.91. The van der Waals surface area contributed by atoms with E-state index in [0.717, 1.165) is 32.9 Å². The summed E-state index contributed by atoms with van der Waals surface area (Å²) in [5.74, 6) is 0.203. The van der Waals surface area contributed by atoms with Gasteiger partial charge in [0.05, 0.1) is 21.0 Å².